The van der Waals surface area contributed by atoms with Gasteiger partial charge in [-0.15, -0.1) is 0 Å². The van der Waals surface area contributed by atoms with Crippen molar-refractivity contribution >= 4 is 11.7 Å². The van der Waals surface area contributed by atoms with Crippen LogP contribution in [-0.4, -0.2) is 39.1 Å². The predicted octanol–water partition coefficient (Wildman–Crippen LogP) is 1.98. The summed E-state index contributed by atoms with van der Waals surface area (Å²) in [6.07, 6.45) is 0. The van der Waals surface area contributed by atoms with Gasteiger partial charge in [0.15, 0.2) is 0 Å². The highest BCUT2D eigenvalue weighted by molar-refractivity contribution is 6.02. The van der Waals surface area contributed by atoms with Crippen LogP contribution in [0.5, 0.6) is 11.5 Å². The number of carbonyl (C=O) groups excluding carboxylic acids is 1. The smallest absolute Gasteiger partial charge is 0.255 e. The third-order valence-corrected chi connectivity index (χ3v) is 4.04. The number of hydrogen-bond acceptors (Lipinski definition) is 5. The van der Waals surface area contributed by atoms with Gasteiger partial charge in [-0.05, 0) is 17.7 Å². The zero-order valence-electron chi connectivity index (χ0n) is 14.3. The molecule has 0 saturated carbocycles. The van der Waals surface area contributed by atoms with Crippen LogP contribution >= 0.6 is 0 Å². The van der Waals surface area contributed by atoms with E-state index in [1.165, 1.54) is 12.7 Å². The Kier molecular flexibility index (Phi) is 5.18. The second kappa shape index (κ2) is 7.70. The molecular weight excluding hydrogens is 318 g/mol. The van der Waals surface area contributed by atoms with Gasteiger partial charge in [-0.1, -0.05) is 24.3 Å². The molecule has 2 aromatic carbocycles. The summed E-state index contributed by atoms with van der Waals surface area (Å²) in [5.74, 6) is 1.83. The lowest BCUT2D eigenvalue weighted by Gasteiger charge is -2.12. The highest BCUT2D eigenvalue weighted by Gasteiger charge is 2.15. The minimum atomic E-state index is -0.185. The van der Waals surface area contributed by atoms with Gasteiger partial charge in [0.1, 0.15) is 17.3 Å². The number of nitrogens with one attached hydrogen (secondary N) is 2. The molecule has 3 rings (SSSR count). The number of amides is 1. The Morgan fingerprint density at radius 1 is 1.12 bits per heavy atom. The maximum absolute atomic E-state index is 12.3. The SMILES string of the molecule is COc1ccc(C(=O)NCCNC2=NCc3ccccc32)c(OC)c1. The number of rotatable bonds is 6. The Balaban J connectivity index is 1.52. The molecule has 0 saturated heterocycles. The first-order valence-corrected chi connectivity index (χ1v) is 8.09. The summed E-state index contributed by atoms with van der Waals surface area (Å²) in [6.45, 7) is 1.78. The lowest BCUT2D eigenvalue weighted by molar-refractivity contribution is 0.0951. The van der Waals surface area contributed by atoms with Crippen LogP contribution < -0.4 is 20.1 Å². The monoisotopic (exact) mass is 339 g/mol. The van der Waals surface area contributed by atoms with Crippen LogP contribution in [0.2, 0.25) is 0 Å². The zero-order chi connectivity index (χ0) is 17.6. The fraction of sp³-hybridized carbons (Fsp3) is 0.263. The van der Waals surface area contributed by atoms with Gasteiger partial charge in [0, 0.05) is 24.7 Å². The second-order valence-electron chi connectivity index (χ2n) is 5.57. The summed E-state index contributed by atoms with van der Waals surface area (Å²) in [4.78, 5) is 16.8. The Bertz CT molecular complexity index is 802. The highest BCUT2D eigenvalue weighted by atomic mass is 16.5. The molecule has 0 spiro atoms. The van der Waals surface area contributed by atoms with E-state index in [-0.39, 0.29) is 5.91 Å². The third kappa shape index (κ3) is 3.74. The average Bonchev–Trinajstić information content (AvgIpc) is 3.07. The number of carbonyl (C=O) groups is 1. The molecule has 1 aliphatic heterocycles. The maximum atomic E-state index is 12.3. The van der Waals surface area contributed by atoms with E-state index in [2.05, 4.69) is 27.8 Å². The lowest BCUT2D eigenvalue weighted by atomic mass is 10.1. The topological polar surface area (TPSA) is 72.0 Å². The maximum Gasteiger partial charge on any atom is 0.255 e. The Morgan fingerprint density at radius 2 is 1.96 bits per heavy atom. The molecule has 0 bridgehead atoms. The molecule has 1 heterocycles. The van der Waals surface area contributed by atoms with Crippen LogP contribution in [0.25, 0.3) is 0 Å². The molecule has 1 amide bonds. The van der Waals surface area contributed by atoms with Crippen molar-refractivity contribution in [3.05, 3.63) is 59.2 Å². The van der Waals surface area contributed by atoms with Gasteiger partial charge >= 0.3 is 0 Å². The summed E-state index contributed by atoms with van der Waals surface area (Å²) in [5.41, 5.74) is 2.83. The van der Waals surface area contributed by atoms with E-state index < -0.39 is 0 Å². The van der Waals surface area contributed by atoms with E-state index in [1.54, 1.807) is 25.3 Å². The van der Waals surface area contributed by atoms with E-state index >= 15 is 0 Å². The van der Waals surface area contributed by atoms with Crippen molar-refractivity contribution in [2.45, 2.75) is 6.54 Å². The first kappa shape index (κ1) is 16.8. The van der Waals surface area contributed by atoms with Gasteiger partial charge in [-0.3, -0.25) is 9.79 Å². The first-order valence-electron chi connectivity index (χ1n) is 8.09. The van der Waals surface area contributed by atoms with Gasteiger partial charge in [-0.2, -0.15) is 0 Å². The molecular formula is C19H21N3O3. The van der Waals surface area contributed by atoms with Crippen molar-refractivity contribution in [2.75, 3.05) is 27.3 Å². The van der Waals surface area contributed by atoms with Crippen molar-refractivity contribution in [2.24, 2.45) is 4.99 Å². The molecule has 0 unspecified atom stereocenters. The summed E-state index contributed by atoms with van der Waals surface area (Å²) < 4.78 is 10.4. The number of methoxy groups -OCH3 is 2. The fourth-order valence-corrected chi connectivity index (χ4v) is 2.73. The number of hydrogen-bond donors (Lipinski definition) is 2. The van der Waals surface area contributed by atoms with E-state index in [0.717, 1.165) is 11.4 Å². The van der Waals surface area contributed by atoms with Crippen LogP contribution in [0.4, 0.5) is 0 Å². The summed E-state index contributed by atoms with van der Waals surface area (Å²) >= 11 is 0. The number of benzene rings is 2. The number of ether oxygens (including phenoxy) is 2. The van der Waals surface area contributed by atoms with Crippen LogP contribution in [-0.2, 0) is 6.54 Å². The number of amidine groups is 1. The summed E-state index contributed by atoms with van der Waals surface area (Å²) in [5, 5.41) is 6.16. The Morgan fingerprint density at radius 3 is 2.76 bits per heavy atom. The minimum absolute atomic E-state index is 0.185. The van der Waals surface area contributed by atoms with E-state index in [1.807, 2.05) is 12.1 Å². The molecule has 0 aromatic heterocycles. The third-order valence-electron chi connectivity index (χ3n) is 4.04. The molecule has 2 aromatic rings. The van der Waals surface area contributed by atoms with Gasteiger partial charge in [-0.25, -0.2) is 0 Å². The molecule has 0 radical (unpaired) electrons. The molecule has 6 heteroatoms. The molecule has 1 aliphatic rings. The molecule has 130 valence electrons. The van der Waals surface area contributed by atoms with Crippen LogP contribution in [0.3, 0.4) is 0 Å². The standard InChI is InChI=1S/C19H21N3O3/c1-24-14-7-8-16(17(11-14)25-2)19(23)21-10-9-20-18-15-6-4-3-5-13(15)12-22-18/h3-8,11H,9-10,12H2,1-2H3,(H,20,22)(H,21,23). The number of fused-ring (bicyclic) bond motifs is 1. The zero-order valence-corrected chi connectivity index (χ0v) is 14.3. The van der Waals surface area contributed by atoms with Crippen molar-refractivity contribution in [3.8, 4) is 11.5 Å². The van der Waals surface area contributed by atoms with Crippen LogP contribution in [0.1, 0.15) is 21.5 Å². The van der Waals surface area contributed by atoms with E-state index in [4.69, 9.17) is 9.47 Å². The van der Waals surface area contributed by atoms with Gasteiger partial charge < -0.3 is 20.1 Å². The normalized spacial score (nSPS) is 12.2. The molecule has 0 fully saturated rings. The average molecular weight is 339 g/mol. The number of nitrogens with zero attached hydrogens (tertiary/aromatic N) is 1. The summed E-state index contributed by atoms with van der Waals surface area (Å²) in [7, 11) is 3.10. The quantitative estimate of drug-likeness (QED) is 0.790. The van der Waals surface area contributed by atoms with E-state index in [9.17, 15) is 4.79 Å². The lowest BCUT2D eigenvalue weighted by Crippen LogP contribution is -2.34. The van der Waals surface area contributed by atoms with E-state index in [0.29, 0.717) is 36.7 Å². The Hall–Kier alpha value is -3.02. The first-order chi connectivity index (χ1) is 12.2. The summed E-state index contributed by atoms with van der Waals surface area (Å²) in [6, 6.07) is 13.3. The van der Waals surface area contributed by atoms with Crippen LogP contribution in [0, 0.1) is 0 Å². The second-order valence-corrected chi connectivity index (χ2v) is 5.57. The molecule has 0 aliphatic carbocycles. The van der Waals surface area contributed by atoms with Crippen molar-refractivity contribution < 1.29 is 14.3 Å². The Labute approximate surface area is 146 Å². The minimum Gasteiger partial charge on any atom is -0.497 e. The van der Waals surface area contributed by atoms with Crippen molar-refractivity contribution in [1.29, 1.82) is 0 Å². The molecule has 0 atom stereocenters. The largest absolute Gasteiger partial charge is 0.497 e. The molecule has 2 N–H and O–H groups in total. The van der Waals surface area contributed by atoms with Crippen molar-refractivity contribution in [3.63, 3.8) is 0 Å². The number of aliphatic imine (C=N–C) groups is 1. The van der Waals surface area contributed by atoms with Crippen LogP contribution in [0.15, 0.2) is 47.5 Å². The predicted molar refractivity (Wildman–Crippen MR) is 96.6 cm³/mol. The van der Waals surface area contributed by atoms with Gasteiger partial charge in [0.05, 0.1) is 26.3 Å². The van der Waals surface area contributed by atoms with Gasteiger partial charge in [0.2, 0.25) is 0 Å². The molecule has 25 heavy (non-hydrogen) atoms. The fourth-order valence-electron chi connectivity index (χ4n) is 2.73. The molecule has 6 nitrogen and oxygen atoms in total. The van der Waals surface area contributed by atoms with Gasteiger partial charge in [0.25, 0.3) is 5.91 Å². The van der Waals surface area contributed by atoms with Crippen molar-refractivity contribution in [1.82, 2.24) is 10.6 Å². The highest BCUT2D eigenvalue weighted by Crippen LogP contribution is 2.24.